The van der Waals surface area contributed by atoms with Crippen LogP contribution in [0.15, 0.2) is 53.6 Å². The Kier molecular flexibility index (Phi) is 6.33. The highest BCUT2D eigenvalue weighted by molar-refractivity contribution is 6.05. The van der Waals surface area contributed by atoms with Gasteiger partial charge in [0.15, 0.2) is 0 Å². The van der Waals surface area contributed by atoms with E-state index in [2.05, 4.69) is 17.0 Å². The Morgan fingerprint density at radius 3 is 2.50 bits per heavy atom. The summed E-state index contributed by atoms with van der Waals surface area (Å²) in [5, 5.41) is 6.48. The van der Waals surface area contributed by atoms with Crippen molar-refractivity contribution < 1.29 is 14.3 Å². The van der Waals surface area contributed by atoms with Crippen molar-refractivity contribution in [2.45, 2.75) is 31.7 Å². The number of amides is 1. The molecule has 0 aliphatic carbocycles. The maximum atomic E-state index is 13.3. The van der Waals surface area contributed by atoms with E-state index in [9.17, 15) is 4.79 Å². The molecule has 1 amide bonds. The second-order valence-corrected chi connectivity index (χ2v) is 7.82. The van der Waals surface area contributed by atoms with Crippen molar-refractivity contribution in [3.8, 4) is 11.5 Å². The summed E-state index contributed by atoms with van der Waals surface area (Å²) in [7, 11) is 3.27. The Morgan fingerprint density at radius 2 is 1.80 bits per heavy atom. The fraction of sp³-hybridized carbons (Fsp3) is 0.417. The number of methoxy groups -OCH3 is 2. The minimum atomic E-state index is -0.106. The van der Waals surface area contributed by atoms with Crippen molar-refractivity contribution in [1.82, 2.24) is 9.91 Å². The molecule has 0 radical (unpaired) electrons. The van der Waals surface area contributed by atoms with Crippen LogP contribution in [-0.2, 0) is 4.79 Å². The average Bonchev–Trinajstić information content (AvgIpc) is 3.25. The molecule has 2 aliphatic heterocycles. The van der Waals surface area contributed by atoms with Gasteiger partial charge in [0, 0.05) is 18.1 Å². The van der Waals surface area contributed by atoms with Crippen molar-refractivity contribution >= 4 is 11.6 Å². The third-order valence-electron chi connectivity index (χ3n) is 5.88. The molecule has 1 atom stereocenters. The number of rotatable bonds is 6. The van der Waals surface area contributed by atoms with E-state index in [1.807, 2.05) is 36.4 Å². The Labute approximate surface area is 178 Å². The Bertz CT molecular complexity index is 907. The molecule has 0 N–H and O–H groups in total. The van der Waals surface area contributed by atoms with Crippen LogP contribution in [0.25, 0.3) is 0 Å². The smallest absolute Gasteiger partial charge is 0.257 e. The fourth-order valence-electron chi connectivity index (χ4n) is 4.26. The largest absolute Gasteiger partial charge is 0.497 e. The summed E-state index contributed by atoms with van der Waals surface area (Å²) in [6.07, 6.45) is 4.22. The molecule has 158 valence electrons. The Hall–Kier alpha value is -2.86. The van der Waals surface area contributed by atoms with Gasteiger partial charge in [0.25, 0.3) is 5.91 Å². The van der Waals surface area contributed by atoms with Crippen molar-refractivity contribution in [3.05, 3.63) is 59.7 Å². The normalized spacial score (nSPS) is 19.5. The standard InChI is InChI=1S/C24H29N3O3/c1-29-19-11-12-20(23(15-19)30-2)21-16-22(18-9-5-3-6-10-18)27(25-21)24(28)17-26-13-7-4-8-14-26/h3,5-6,9-12,15,22H,4,7-8,13-14,16-17H2,1-2H3/t22-/m0/s1. The van der Waals surface area contributed by atoms with Crippen LogP contribution in [0.1, 0.15) is 42.9 Å². The van der Waals surface area contributed by atoms with E-state index in [4.69, 9.17) is 14.6 Å². The quantitative estimate of drug-likeness (QED) is 0.730. The summed E-state index contributed by atoms with van der Waals surface area (Å²) < 4.78 is 10.9. The van der Waals surface area contributed by atoms with Gasteiger partial charge >= 0.3 is 0 Å². The van der Waals surface area contributed by atoms with E-state index in [0.29, 0.717) is 18.7 Å². The van der Waals surface area contributed by atoms with Crippen LogP contribution in [0, 0.1) is 0 Å². The van der Waals surface area contributed by atoms with Gasteiger partial charge in [0.05, 0.1) is 32.5 Å². The molecule has 4 rings (SSSR count). The topological polar surface area (TPSA) is 54.4 Å². The molecular formula is C24H29N3O3. The summed E-state index contributed by atoms with van der Waals surface area (Å²) in [5.41, 5.74) is 2.85. The lowest BCUT2D eigenvalue weighted by atomic mass is 9.98. The van der Waals surface area contributed by atoms with Gasteiger partial charge in [-0.15, -0.1) is 0 Å². The average molecular weight is 408 g/mol. The molecule has 1 fully saturated rings. The first-order valence-corrected chi connectivity index (χ1v) is 10.6. The van der Waals surface area contributed by atoms with E-state index < -0.39 is 0 Å². The van der Waals surface area contributed by atoms with Crippen molar-refractivity contribution in [1.29, 1.82) is 0 Å². The molecule has 2 aliphatic rings. The molecule has 0 spiro atoms. The summed E-state index contributed by atoms with van der Waals surface area (Å²) >= 11 is 0. The first kappa shape index (κ1) is 20.4. The molecule has 2 heterocycles. The molecule has 6 heteroatoms. The molecule has 6 nitrogen and oxygen atoms in total. The molecule has 2 aromatic carbocycles. The highest BCUT2D eigenvalue weighted by Crippen LogP contribution is 2.36. The number of ether oxygens (including phenoxy) is 2. The lowest BCUT2D eigenvalue weighted by molar-refractivity contribution is -0.134. The lowest BCUT2D eigenvalue weighted by Gasteiger charge is -2.29. The van der Waals surface area contributed by atoms with Crippen molar-refractivity contribution in [3.63, 3.8) is 0 Å². The van der Waals surface area contributed by atoms with Crippen LogP contribution in [0.4, 0.5) is 0 Å². The first-order chi connectivity index (χ1) is 14.7. The summed E-state index contributed by atoms with van der Waals surface area (Å²) in [4.78, 5) is 15.5. The van der Waals surface area contributed by atoms with Crippen LogP contribution < -0.4 is 9.47 Å². The van der Waals surface area contributed by atoms with Crippen LogP contribution in [-0.4, -0.2) is 55.4 Å². The van der Waals surface area contributed by atoms with Gasteiger partial charge in [0.2, 0.25) is 0 Å². The number of nitrogens with zero attached hydrogens (tertiary/aromatic N) is 3. The van der Waals surface area contributed by atoms with Crippen molar-refractivity contribution in [2.24, 2.45) is 5.10 Å². The predicted octanol–water partition coefficient (Wildman–Crippen LogP) is 3.87. The lowest BCUT2D eigenvalue weighted by Crippen LogP contribution is -2.40. The number of benzene rings is 2. The third-order valence-corrected chi connectivity index (χ3v) is 5.88. The number of hydrogen-bond donors (Lipinski definition) is 0. The van der Waals surface area contributed by atoms with E-state index >= 15 is 0 Å². The number of likely N-dealkylation sites (tertiary alicyclic amines) is 1. The number of hydrazone groups is 1. The second kappa shape index (κ2) is 9.30. The number of piperidine rings is 1. The molecule has 0 unspecified atom stereocenters. The monoisotopic (exact) mass is 407 g/mol. The summed E-state index contributed by atoms with van der Waals surface area (Å²) in [5.74, 6) is 1.48. The van der Waals surface area contributed by atoms with Gasteiger partial charge < -0.3 is 9.47 Å². The minimum Gasteiger partial charge on any atom is -0.497 e. The van der Waals surface area contributed by atoms with E-state index in [-0.39, 0.29) is 11.9 Å². The van der Waals surface area contributed by atoms with Crippen molar-refractivity contribution in [2.75, 3.05) is 33.9 Å². The highest BCUT2D eigenvalue weighted by Gasteiger charge is 2.34. The van der Waals surface area contributed by atoms with E-state index in [1.54, 1.807) is 19.2 Å². The summed E-state index contributed by atoms with van der Waals surface area (Å²) in [6.45, 7) is 2.39. The minimum absolute atomic E-state index is 0.0493. The zero-order chi connectivity index (χ0) is 20.9. The van der Waals surface area contributed by atoms with Gasteiger partial charge in [0.1, 0.15) is 11.5 Å². The number of carbonyl (C=O) groups is 1. The summed E-state index contributed by atoms with van der Waals surface area (Å²) in [6, 6.07) is 15.7. The fourth-order valence-corrected chi connectivity index (χ4v) is 4.26. The molecular weight excluding hydrogens is 378 g/mol. The SMILES string of the molecule is COc1ccc(C2=NN(C(=O)CN3CCCCC3)[C@H](c3ccccc3)C2)c(OC)c1. The van der Waals surface area contributed by atoms with Crippen LogP contribution in [0.3, 0.4) is 0 Å². The van der Waals surface area contributed by atoms with Gasteiger partial charge in [-0.1, -0.05) is 36.8 Å². The predicted molar refractivity (Wildman–Crippen MR) is 117 cm³/mol. The van der Waals surface area contributed by atoms with Gasteiger partial charge in [-0.05, 0) is 43.6 Å². The highest BCUT2D eigenvalue weighted by atomic mass is 16.5. The zero-order valence-electron chi connectivity index (χ0n) is 17.7. The third kappa shape index (κ3) is 4.33. The molecule has 30 heavy (non-hydrogen) atoms. The van der Waals surface area contributed by atoms with Crippen LogP contribution in [0.5, 0.6) is 11.5 Å². The van der Waals surface area contributed by atoms with E-state index in [0.717, 1.165) is 48.5 Å². The zero-order valence-corrected chi connectivity index (χ0v) is 17.7. The Morgan fingerprint density at radius 1 is 1.03 bits per heavy atom. The van der Waals surface area contributed by atoms with Gasteiger partial charge in [-0.25, -0.2) is 5.01 Å². The molecule has 0 aromatic heterocycles. The number of carbonyl (C=O) groups excluding carboxylic acids is 1. The first-order valence-electron chi connectivity index (χ1n) is 10.6. The van der Waals surface area contributed by atoms with Crippen LogP contribution in [0.2, 0.25) is 0 Å². The molecule has 2 aromatic rings. The number of hydrogen-bond acceptors (Lipinski definition) is 5. The van der Waals surface area contributed by atoms with Gasteiger partial charge in [-0.3, -0.25) is 9.69 Å². The maximum Gasteiger partial charge on any atom is 0.257 e. The Balaban J connectivity index is 1.63. The van der Waals surface area contributed by atoms with Gasteiger partial charge in [-0.2, -0.15) is 5.10 Å². The second-order valence-electron chi connectivity index (χ2n) is 7.82. The molecule has 0 saturated carbocycles. The van der Waals surface area contributed by atoms with Crippen LogP contribution >= 0.6 is 0 Å². The molecule has 1 saturated heterocycles. The maximum absolute atomic E-state index is 13.3. The van der Waals surface area contributed by atoms with E-state index in [1.165, 1.54) is 6.42 Å². The molecule has 0 bridgehead atoms.